The van der Waals surface area contributed by atoms with Gasteiger partial charge in [-0.25, -0.2) is 4.98 Å². The Morgan fingerprint density at radius 2 is 1.81 bits per heavy atom. The van der Waals surface area contributed by atoms with Crippen LogP contribution in [0.4, 0.5) is 17.2 Å². The van der Waals surface area contributed by atoms with Crippen LogP contribution in [-0.4, -0.2) is 66.4 Å². The van der Waals surface area contributed by atoms with Gasteiger partial charge in [0.25, 0.3) is 0 Å². The molecule has 8 nitrogen and oxygen atoms in total. The number of carbonyl (C=O) groups is 2. The topological polar surface area (TPSA) is 94.8 Å². The number of hydrogen-bond donors (Lipinski definition) is 2. The third-order valence-electron chi connectivity index (χ3n) is 8.56. The van der Waals surface area contributed by atoms with Crippen molar-refractivity contribution in [3.05, 3.63) is 47.7 Å². The van der Waals surface area contributed by atoms with Crippen molar-refractivity contribution in [1.82, 2.24) is 14.8 Å². The summed E-state index contributed by atoms with van der Waals surface area (Å²) in [6.07, 6.45) is 5.36. The SMILES string of the molecule is CCc1cc(NC(=O)C(=O)N2C[C@@H](C)CC[C@@H]2c2ccc(N3CC4CCN(C)CC4C3)cc2)cnc1N. The van der Waals surface area contributed by atoms with Crippen LogP contribution < -0.4 is 16.0 Å². The average Bonchev–Trinajstić information content (AvgIpc) is 3.32. The van der Waals surface area contributed by atoms with Crippen LogP contribution in [0.3, 0.4) is 0 Å². The number of carbonyl (C=O) groups excluding carboxylic acids is 2. The molecular weight excluding hydrogens is 464 g/mol. The Labute approximate surface area is 220 Å². The fourth-order valence-electron chi connectivity index (χ4n) is 6.38. The molecule has 3 aliphatic rings. The van der Waals surface area contributed by atoms with E-state index in [0.717, 1.165) is 48.9 Å². The van der Waals surface area contributed by atoms with Crippen LogP contribution in [0.15, 0.2) is 36.5 Å². The van der Waals surface area contributed by atoms with Crippen molar-refractivity contribution in [2.45, 2.75) is 45.6 Å². The lowest BCUT2D eigenvalue weighted by molar-refractivity contribution is -0.146. The van der Waals surface area contributed by atoms with Gasteiger partial charge in [0.1, 0.15) is 5.82 Å². The number of rotatable bonds is 4. The third kappa shape index (κ3) is 5.44. The molecule has 3 fully saturated rings. The van der Waals surface area contributed by atoms with Crippen LogP contribution >= 0.6 is 0 Å². The van der Waals surface area contributed by atoms with E-state index >= 15 is 0 Å². The van der Waals surface area contributed by atoms with Crippen LogP contribution in [0.5, 0.6) is 0 Å². The first-order valence-electron chi connectivity index (χ1n) is 13.7. The molecule has 8 heteroatoms. The second-order valence-electron chi connectivity index (χ2n) is 11.3. The number of nitrogens with zero attached hydrogens (tertiary/aromatic N) is 4. The second-order valence-corrected chi connectivity index (χ2v) is 11.3. The quantitative estimate of drug-likeness (QED) is 0.619. The number of aromatic nitrogens is 1. The Hall–Kier alpha value is -3.13. The van der Waals surface area contributed by atoms with E-state index in [2.05, 4.69) is 58.3 Å². The molecule has 4 atom stereocenters. The van der Waals surface area contributed by atoms with Crippen LogP contribution in [0.2, 0.25) is 0 Å². The minimum absolute atomic E-state index is 0.103. The van der Waals surface area contributed by atoms with Crippen LogP contribution in [-0.2, 0) is 16.0 Å². The molecule has 2 aromatic rings. The summed E-state index contributed by atoms with van der Waals surface area (Å²) in [5, 5.41) is 2.74. The average molecular weight is 505 g/mol. The van der Waals surface area contributed by atoms with Crippen molar-refractivity contribution in [2.75, 3.05) is 55.7 Å². The zero-order chi connectivity index (χ0) is 26.1. The van der Waals surface area contributed by atoms with Crippen molar-refractivity contribution < 1.29 is 9.59 Å². The van der Waals surface area contributed by atoms with Gasteiger partial charge < -0.3 is 25.8 Å². The predicted octanol–water partition coefficient (Wildman–Crippen LogP) is 3.55. The highest BCUT2D eigenvalue weighted by Gasteiger charge is 2.37. The van der Waals surface area contributed by atoms with Crippen molar-refractivity contribution in [2.24, 2.45) is 17.8 Å². The largest absolute Gasteiger partial charge is 0.383 e. The van der Waals surface area contributed by atoms with E-state index in [1.807, 2.05) is 6.92 Å². The molecule has 37 heavy (non-hydrogen) atoms. The summed E-state index contributed by atoms with van der Waals surface area (Å²) in [6, 6.07) is 10.4. The van der Waals surface area contributed by atoms with Gasteiger partial charge in [-0.05, 0) is 86.4 Å². The van der Waals surface area contributed by atoms with Gasteiger partial charge in [-0.2, -0.15) is 0 Å². The Bertz CT molecular complexity index is 1140. The Kier molecular flexibility index (Phi) is 7.38. The number of aryl methyl sites for hydroxylation is 1. The number of pyridine rings is 1. The van der Waals surface area contributed by atoms with Crippen molar-refractivity contribution in [1.29, 1.82) is 0 Å². The lowest BCUT2D eigenvalue weighted by Crippen LogP contribution is -2.46. The number of likely N-dealkylation sites (tertiary alicyclic amines) is 2. The normalized spacial score (nSPS) is 26.1. The van der Waals surface area contributed by atoms with E-state index in [0.29, 0.717) is 30.4 Å². The maximum Gasteiger partial charge on any atom is 0.313 e. The number of anilines is 3. The predicted molar refractivity (Wildman–Crippen MR) is 147 cm³/mol. The van der Waals surface area contributed by atoms with Crippen molar-refractivity contribution in [3.8, 4) is 0 Å². The zero-order valence-electron chi connectivity index (χ0n) is 22.3. The summed E-state index contributed by atoms with van der Waals surface area (Å²) in [6.45, 7) is 9.31. The first kappa shape index (κ1) is 25.5. The number of nitrogens with one attached hydrogen (secondary N) is 1. The number of piperidine rings is 2. The molecule has 3 saturated heterocycles. The molecule has 5 rings (SSSR count). The minimum Gasteiger partial charge on any atom is -0.383 e. The van der Waals surface area contributed by atoms with Gasteiger partial charge in [0.2, 0.25) is 0 Å². The molecule has 0 aliphatic carbocycles. The standard InChI is InChI=1S/C29H40N6O2/c1-4-20-13-24(14-31-27(20)30)32-28(36)29(37)35-15-19(2)5-10-26(35)21-6-8-25(9-7-21)34-17-22-11-12-33(3)16-23(22)18-34/h6-9,13-14,19,22-23,26H,4-5,10-12,15-18H2,1-3H3,(H2,30,31)(H,32,36)/t19-,22?,23?,26+/m0/s1. The van der Waals surface area contributed by atoms with Crippen molar-refractivity contribution in [3.63, 3.8) is 0 Å². The van der Waals surface area contributed by atoms with Gasteiger partial charge >= 0.3 is 11.8 Å². The Morgan fingerprint density at radius 3 is 2.57 bits per heavy atom. The van der Waals surface area contributed by atoms with Gasteiger partial charge in [0.05, 0.1) is 17.9 Å². The number of benzene rings is 1. The summed E-state index contributed by atoms with van der Waals surface area (Å²) < 4.78 is 0. The van der Waals surface area contributed by atoms with E-state index in [9.17, 15) is 9.59 Å². The van der Waals surface area contributed by atoms with Gasteiger partial charge in [0, 0.05) is 31.9 Å². The van der Waals surface area contributed by atoms with Crippen LogP contribution in [0.1, 0.15) is 50.3 Å². The van der Waals surface area contributed by atoms with Crippen molar-refractivity contribution >= 4 is 29.0 Å². The molecular formula is C29H40N6O2. The van der Waals surface area contributed by atoms with Gasteiger partial charge in [-0.1, -0.05) is 26.0 Å². The summed E-state index contributed by atoms with van der Waals surface area (Å²) >= 11 is 0. The molecule has 0 bridgehead atoms. The molecule has 198 valence electrons. The number of nitrogen functional groups attached to an aromatic ring is 1. The van der Waals surface area contributed by atoms with E-state index in [4.69, 9.17) is 5.73 Å². The molecule has 4 heterocycles. The smallest absolute Gasteiger partial charge is 0.313 e. The van der Waals surface area contributed by atoms with E-state index in [-0.39, 0.29) is 6.04 Å². The maximum atomic E-state index is 13.4. The summed E-state index contributed by atoms with van der Waals surface area (Å²) in [4.78, 5) is 37.2. The first-order chi connectivity index (χ1) is 17.8. The molecule has 0 saturated carbocycles. The minimum atomic E-state index is -0.631. The summed E-state index contributed by atoms with van der Waals surface area (Å²) in [5.41, 5.74) is 9.57. The molecule has 0 spiro atoms. The molecule has 1 aromatic carbocycles. The van der Waals surface area contributed by atoms with Crippen LogP contribution in [0.25, 0.3) is 0 Å². The lowest BCUT2D eigenvalue weighted by atomic mass is 9.89. The molecule has 0 radical (unpaired) electrons. The highest BCUT2D eigenvalue weighted by molar-refractivity contribution is 6.39. The first-order valence-corrected chi connectivity index (χ1v) is 13.7. The number of fused-ring (bicyclic) bond motifs is 1. The zero-order valence-corrected chi connectivity index (χ0v) is 22.3. The lowest BCUT2D eigenvalue weighted by Gasteiger charge is -2.38. The highest BCUT2D eigenvalue weighted by atomic mass is 16.2. The van der Waals surface area contributed by atoms with Gasteiger partial charge in [-0.3, -0.25) is 9.59 Å². The van der Waals surface area contributed by atoms with E-state index in [1.54, 1.807) is 11.0 Å². The molecule has 3 aliphatic heterocycles. The van der Waals surface area contributed by atoms with Crippen LogP contribution in [0, 0.1) is 17.8 Å². The van der Waals surface area contributed by atoms with Gasteiger partial charge in [-0.15, -0.1) is 0 Å². The monoisotopic (exact) mass is 504 g/mol. The van der Waals surface area contributed by atoms with Gasteiger partial charge in [0.15, 0.2) is 0 Å². The van der Waals surface area contributed by atoms with E-state index < -0.39 is 11.8 Å². The fraction of sp³-hybridized carbons (Fsp3) is 0.552. The second kappa shape index (κ2) is 10.7. The third-order valence-corrected chi connectivity index (χ3v) is 8.56. The molecule has 2 amide bonds. The number of amides is 2. The molecule has 3 N–H and O–H groups in total. The van der Waals surface area contributed by atoms with E-state index in [1.165, 1.54) is 31.4 Å². The Morgan fingerprint density at radius 1 is 1.05 bits per heavy atom. The summed E-state index contributed by atoms with van der Waals surface area (Å²) in [7, 11) is 2.22. The number of hydrogen-bond acceptors (Lipinski definition) is 6. The fourth-order valence-corrected chi connectivity index (χ4v) is 6.38. The Balaban J connectivity index is 1.28. The maximum absolute atomic E-state index is 13.4. The molecule has 2 unspecified atom stereocenters. The molecule has 1 aromatic heterocycles. The summed E-state index contributed by atoms with van der Waals surface area (Å²) in [5.74, 6) is 1.20. The number of nitrogens with two attached hydrogens (primary N) is 1. The highest BCUT2D eigenvalue weighted by Crippen LogP contribution is 2.37.